The molecule has 1 saturated carbocycles. The molecule has 6 heteroatoms. The van der Waals surface area contributed by atoms with E-state index in [2.05, 4.69) is 0 Å². The molecule has 1 aromatic rings. The van der Waals surface area contributed by atoms with E-state index in [0.29, 0.717) is 6.54 Å². The van der Waals surface area contributed by atoms with Gasteiger partial charge in [0.25, 0.3) is 5.91 Å². The Hall–Kier alpha value is -1.40. The van der Waals surface area contributed by atoms with Crippen molar-refractivity contribution >= 4 is 15.7 Å². The minimum Gasteiger partial charge on any atom is -0.393 e. The maximum Gasteiger partial charge on any atom is 0.255 e. The van der Waals surface area contributed by atoms with E-state index in [1.54, 1.807) is 25.1 Å². The molecule has 5 nitrogen and oxygen atoms in total. The van der Waals surface area contributed by atoms with Crippen molar-refractivity contribution in [3.8, 4) is 0 Å². The molecule has 1 saturated heterocycles. The van der Waals surface area contributed by atoms with Gasteiger partial charge in [-0.3, -0.25) is 4.79 Å². The Bertz CT molecular complexity index is 731. The van der Waals surface area contributed by atoms with E-state index in [9.17, 15) is 18.3 Å². The summed E-state index contributed by atoms with van der Waals surface area (Å²) in [5, 5.41) is 10.4. The van der Waals surface area contributed by atoms with Gasteiger partial charge in [0.2, 0.25) is 0 Å². The summed E-state index contributed by atoms with van der Waals surface area (Å²) in [5.74, 6) is -0.134. The van der Waals surface area contributed by atoms with Crippen molar-refractivity contribution in [3.05, 3.63) is 29.8 Å². The first kappa shape index (κ1) is 18.4. The molecule has 1 aliphatic carbocycles. The number of hydrogen-bond acceptors (Lipinski definition) is 4. The average Bonchev–Trinajstić information content (AvgIpc) is 3.11. The number of sulfone groups is 1. The van der Waals surface area contributed by atoms with E-state index in [4.69, 9.17) is 0 Å². The highest BCUT2D eigenvalue weighted by Crippen LogP contribution is 2.35. The van der Waals surface area contributed by atoms with Crippen LogP contribution in [0.15, 0.2) is 29.2 Å². The lowest BCUT2D eigenvalue weighted by atomic mass is 9.80. The van der Waals surface area contributed by atoms with Crippen LogP contribution in [0.25, 0.3) is 0 Å². The fourth-order valence-electron chi connectivity index (χ4n) is 4.30. The topological polar surface area (TPSA) is 74.7 Å². The Kier molecular flexibility index (Phi) is 5.49. The largest absolute Gasteiger partial charge is 0.393 e. The van der Waals surface area contributed by atoms with Crippen molar-refractivity contribution in [2.45, 2.75) is 62.5 Å². The molecule has 0 radical (unpaired) electrons. The first-order valence-corrected chi connectivity index (χ1v) is 10.9. The van der Waals surface area contributed by atoms with Crippen LogP contribution in [0, 0.1) is 5.92 Å². The first-order valence-electron chi connectivity index (χ1n) is 9.26. The normalized spacial score (nSPS) is 27.4. The Balaban J connectivity index is 1.90. The van der Waals surface area contributed by atoms with Gasteiger partial charge in [-0.1, -0.05) is 31.9 Å². The van der Waals surface area contributed by atoms with Crippen LogP contribution >= 0.6 is 0 Å². The lowest BCUT2D eigenvalue weighted by Gasteiger charge is -2.37. The van der Waals surface area contributed by atoms with Crippen molar-refractivity contribution in [2.75, 3.05) is 12.3 Å². The lowest BCUT2D eigenvalue weighted by molar-refractivity contribution is 0.0210. The third-order valence-corrected chi connectivity index (χ3v) is 7.45. The van der Waals surface area contributed by atoms with E-state index in [1.165, 1.54) is 6.07 Å². The van der Waals surface area contributed by atoms with Crippen LogP contribution in [0.5, 0.6) is 0 Å². The molecule has 3 unspecified atom stereocenters. The Morgan fingerprint density at radius 3 is 2.60 bits per heavy atom. The Morgan fingerprint density at radius 2 is 1.88 bits per heavy atom. The highest BCUT2D eigenvalue weighted by atomic mass is 32.2. The van der Waals surface area contributed by atoms with Gasteiger partial charge >= 0.3 is 0 Å². The van der Waals surface area contributed by atoms with Crippen LogP contribution in [0.4, 0.5) is 0 Å². The van der Waals surface area contributed by atoms with Gasteiger partial charge in [-0.05, 0) is 37.8 Å². The summed E-state index contributed by atoms with van der Waals surface area (Å²) < 4.78 is 24.7. The molecule has 3 atom stereocenters. The number of benzene rings is 1. The van der Waals surface area contributed by atoms with Gasteiger partial charge in [-0.15, -0.1) is 0 Å². The third kappa shape index (κ3) is 3.60. The summed E-state index contributed by atoms with van der Waals surface area (Å²) in [6.45, 7) is 2.22. The summed E-state index contributed by atoms with van der Waals surface area (Å²) in [6, 6.07) is 6.51. The van der Waals surface area contributed by atoms with E-state index in [1.807, 2.05) is 4.90 Å². The van der Waals surface area contributed by atoms with Crippen LogP contribution in [0.1, 0.15) is 55.8 Å². The smallest absolute Gasteiger partial charge is 0.255 e. The van der Waals surface area contributed by atoms with Crippen molar-refractivity contribution in [2.24, 2.45) is 5.92 Å². The predicted molar refractivity (Wildman–Crippen MR) is 96.2 cm³/mol. The third-order valence-electron chi connectivity index (χ3n) is 5.67. The number of likely N-dealkylation sites (tertiary alicyclic amines) is 1. The van der Waals surface area contributed by atoms with Crippen LogP contribution < -0.4 is 0 Å². The molecule has 3 rings (SSSR count). The van der Waals surface area contributed by atoms with E-state index < -0.39 is 9.84 Å². The molecule has 25 heavy (non-hydrogen) atoms. The lowest BCUT2D eigenvalue weighted by Crippen LogP contribution is -2.45. The molecule has 2 fully saturated rings. The molecule has 0 spiro atoms. The number of nitrogens with zero attached hydrogens (tertiary/aromatic N) is 1. The monoisotopic (exact) mass is 365 g/mol. The molecule has 0 bridgehead atoms. The zero-order valence-electron chi connectivity index (χ0n) is 14.7. The molecule has 1 amide bonds. The molecule has 138 valence electrons. The standard InChI is InChI=1S/C19H27NO4S/c1-2-25(23,24)18-12-6-4-9-15(18)19(22)20-13-7-10-16(20)14-8-3-5-11-17(14)21/h4,6,9,12,14,16-17,21H,2-3,5,7-8,10-11,13H2,1H3. The summed E-state index contributed by atoms with van der Waals surface area (Å²) >= 11 is 0. The second-order valence-corrected chi connectivity index (χ2v) is 9.37. The summed E-state index contributed by atoms with van der Waals surface area (Å²) in [7, 11) is -3.45. The maximum absolute atomic E-state index is 13.2. The number of carbonyl (C=O) groups excluding carboxylic acids is 1. The van der Waals surface area contributed by atoms with Gasteiger partial charge in [-0.25, -0.2) is 8.42 Å². The molecule has 0 aromatic heterocycles. The van der Waals surface area contributed by atoms with Crippen LogP contribution in [-0.4, -0.2) is 48.8 Å². The predicted octanol–water partition coefficient (Wildman–Crippen LogP) is 2.64. The van der Waals surface area contributed by atoms with Crippen LogP contribution in [0.2, 0.25) is 0 Å². The summed E-state index contributed by atoms with van der Waals surface area (Å²) in [6.07, 6.45) is 5.28. The number of carbonyl (C=O) groups is 1. The van der Waals surface area contributed by atoms with Crippen LogP contribution in [0.3, 0.4) is 0 Å². The Morgan fingerprint density at radius 1 is 1.16 bits per heavy atom. The average molecular weight is 365 g/mol. The second-order valence-electron chi connectivity index (χ2n) is 7.12. The zero-order chi connectivity index (χ0) is 18.0. The van der Waals surface area contributed by atoms with Gasteiger partial charge < -0.3 is 10.0 Å². The first-order chi connectivity index (χ1) is 12.0. The van der Waals surface area contributed by atoms with Gasteiger partial charge in [0.15, 0.2) is 9.84 Å². The van der Waals surface area contributed by atoms with E-state index >= 15 is 0 Å². The molecule has 1 heterocycles. The molecule has 2 aliphatic rings. The Labute approximate surface area is 150 Å². The number of amides is 1. The SMILES string of the molecule is CCS(=O)(=O)c1ccccc1C(=O)N1CCCC1C1CCCCC1O. The van der Waals surface area contributed by atoms with Crippen LogP contribution in [-0.2, 0) is 9.84 Å². The minimum absolute atomic E-state index is 0.0141. The van der Waals surface area contributed by atoms with Gasteiger partial charge in [0.05, 0.1) is 22.3 Å². The van der Waals surface area contributed by atoms with E-state index in [0.717, 1.165) is 38.5 Å². The molecule has 1 N–H and O–H groups in total. The molecule has 1 aliphatic heterocycles. The van der Waals surface area contributed by atoms with Crippen molar-refractivity contribution in [1.29, 1.82) is 0 Å². The number of rotatable bonds is 4. The van der Waals surface area contributed by atoms with Crippen molar-refractivity contribution in [3.63, 3.8) is 0 Å². The van der Waals surface area contributed by atoms with E-state index in [-0.39, 0.29) is 40.2 Å². The maximum atomic E-state index is 13.2. The minimum atomic E-state index is -3.45. The number of aliphatic hydroxyl groups excluding tert-OH is 1. The highest BCUT2D eigenvalue weighted by molar-refractivity contribution is 7.91. The van der Waals surface area contributed by atoms with Gasteiger partial charge in [-0.2, -0.15) is 0 Å². The molecular formula is C19H27NO4S. The number of hydrogen-bond donors (Lipinski definition) is 1. The quantitative estimate of drug-likeness (QED) is 0.890. The zero-order valence-corrected chi connectivity index (χ0v) is 15.5. The highest BCUT2D eigenvalue weighted by Gasteiger charge is 2.40. The number of aliphatic hydroxyl groups is 1. The van der Waals surface area contributed by atoms with Gasteiger partial charge in [0.1, 0.15) is 0 Å². The fourth-order valence-corrected chi connectivity index (χ4v) is 5.39. The fraction of sp³-hybridized carbons (Fsp3) is 0.632. The second kappa shape index (κ2) is 7.46. The summed E-state index contributed by atoms with van der Waals surface area (Å²) in [4.78, 5) is 15.1. The molecular weight excluding hydrogens is 338 g/mol. The van der Waals surface area contributed by atoms with Gasteiger partial charge in [0, 0.05) is 18.5 Å². The van der Waals surface area contributed by atoms with Crippen molar-refractivity contribution in [1.82, 2.24) is 4.90 Å². The molecule has 1 aromatic carbocycles. The van der Waals surface area contributed by atoms with Crippen molar-refractivity contribution < 1.29 is 18.3 Å². The summed E-state index contributed by atoms with van der Waals surface area (Å²) in [5.41, 5.74) is 0.265.